The van der Waals surface area contributed by atoms with Gasteiger partial charge in [-0.25, -0.2) is 9.97 Å². The van der Waals surface area contributed by atoms with Crippen LogP contribution in [0.2, 0.25) is 0 Å². The molecule has 1 aromatic carbocycles. The molecule has 0 bridgehead atoms. The fraction of sp³-hybridized carbons (Fsp3) is 0.167. The fourth-order valence-corrected chi connectivity index (χ4v) is 2.89. The number of hydrogen-bond acceptors (Lipinski definition) is 4. The molecule has 24 heavy (non-hydrogen) atoms. The van der Waals surface area contributed by atoms with Crippen LogP contribution < -0.4 is 11.1 Å². The zero-order chi connectivity index (χ0) is 16.7. The maximum atomic E-state index is 11.9. The maximum Gasteiger partial charge on any atom is 0.253 e. The monoisotopic (exact) mass is 319 g/mol. The molecule has 6 heteroatoms. The number of H-pyrrole nitrogens is 1. The Balaban J connectivity index is 1.75. The van der Waals surface area contributed by atoms with E-state index in [1.54, 1.807) is 6.20 Å². The molecular formula is C18H17N5O. The summed E-state index contributed by atoms with van der Waals surface area (Å²) < 4.78 is 0. The van der Waals surface area contributed by atoms with Crippen molar-refractivity contribution in [2.75, 3.05) is 12.3 Å². The van der Waals surface area contributed by atoms with Gasteiger partial charge in [0.05, 0.1) is 17.0 Å². The van der Waals surface area contributed by atoms with E-state index in [4.69, 9.17) is 5.73 Å². The minimum absolute atomic E-state index is 0.0396. The first kappa shape index (κ1) is 14.4. The summed E-state index contributed by atoms with van der Waals surface area (Å²) in [5.74, 6) is 0.592. The molecule has 0 aliphatic carbocycles. The number of aromatic nitrogens is 3. The topological polar surface area (TPSA) is 96.7 Å². The number of benzene rings is 1. The zero-order valence-electron chi connectivity index (χ0n) is 13.3. The summed E-state index contributed by atoms with van der Waals surface area (Å²) in [4.78, 5) is 24.2. The number of fused-ring (bicyclic) bond motifs is 1. The van der Waals surface area contributed by atoms with Crippen LogP contribution in [0.15, 0.2) is 36.5 Å². The van der Waals surface area contributed by atoms with Crippen LogP contribution in [0.25, 0.3) is 22.8 Å². The number of hydrogen-bond donors (Lipinski definition) is 3. The Hall–Kier alpha value is -3.15. The van der Waals surface area contributed by atoms with Crippen LogP contribution in [-0.2, 0) is 6.42 Å². The molecule has 0 spiro atoms. The van der Waals surface area contributed by atoms with E-state index in [2.05, 4.69) is 20.3 Å². The number of amides is 1. The van der Waals surface area contributed by atoms with Gasteiger partial charge in [-0.2, -0.15) is 0 Å². The van der Waals surface area contributed by atoms with Crippen LogP contribution in [0.1, 0.15) is 21.6 Å². The predicted molar refractivity (Wildman–Crippen MR) is 92.4 cm³/mol. The number of nitrogens with one attached hydrogen (secondary N) is 2. The number of carbonyl (C=O) groups is 1. The van der Waals surface area contributed by atoms with Gasteiger partial charge in [-0.3, -0.25) is 4.79 Å². The predicted octanol–water partition coefficient (Wildman–Crippen LogP) is 2.32. The highest BCUT2D eigenvalue weighted by molar-refractivity contribution is 5.97. The molecule has 0 atom stereocenters. The van der Waals surface area contributed by atoms with E-state index < -0.39 is 0 Å². The van der Waals surface area contributed by atoms with Crippen molar-refractivity contribution in [3.63, 3.8) is 0 Å². The van der Waals surface area contributed by atoms with Crippen molar-refractivity contribution in [1.82, 2.24) is 20.3 Å². The molecule has 120 valence electrons. The molecule has 4 rings (SSSR count). The molecule has 6 nitrogen and oxygen atoms in total. The lowest BCUT2D eigenvalue weighted by molar-refractivity contribution is 0.0946. The van der Waals surface area contributed by atoms with E-state index in [0.717, 1.165) is 40.3 Å². The van der Waals surface area contributed by atoms with Gasteiger partial charge in [-0.1, -0.05) is 0 Å². The molecule has 1 aliphatic heterocycles. The van der Waals surface area contributed by atoms with Crippen molar-refractivity contribution in [2.24, 2.45) is 0 Å². The third-order valence-electron chi connectivity index (χ3n) is 4.26. The molecule has 4 N–H and O–H groups in total. The highest BCUT2D eigenvalue weighted by atomic mass is 16.1. The molecule has 2 aromatic heterocycles. The van der Waals surface area contributed by atoms with Crippen molar-refractivity contribution < 1.29 is 4.79 Å². The molecule has 0 saturated heterocycles. The lowest BCUT2D eigenvalue weighted by Gasteiger charge is -2.10. The summed E-state index contributed by atoms with van der Waals surface area (Å²) in [5.41, 5.74) is 11.8. The average molecular weight is 319 g/mol. The SMILES string of the molecule is Cc1cc(-c2nccc(-c3cc4c([nH]3)CCNC4=O)n2)ccc1N. The van der Waals surface area contributed by atoms with E-state index in [1.807, 2.05) is 37.3 Å². The van der Waals surface area contributed by atoms with Crippen molar-refractivity contribution in [2.45, 2.75) is 13.3 Å². The number of nitrogens with two attached hydrogens (primary N) is 1. The number of carbonyl (C=O) groups excluding carboxylic acids is 1. The van der Waals surface area contributed by atoms with Gasteiger partial charge in [0, 0.05) is 36.1 Å². The van der Waals surface area contributed by atoms with Crippen LogP contribution in [0.5, 0.6) is 0 Å². The van der Waals surface area contributed by atoms with Gasteiger partial charge in [0.2, 0.25) is 0 Å². The summed E-state index contributed by atoms with van der Waals surface area (Å²) in [6.07, 6.45) is 2.53. The van der Waals surface area contributed by atoms with Gasteiger partial charge in [-0.05, 0) is 42.8 Å². The number of nitrogens with zero attached hydrogens (tertiary/aromatic N) is 2. The highest BCUT2D eigenvalue weighted by Crippen LogP contribution is 2.25. The summed E-state index contributed by atoms with van der Waals surface area (Å²) in [7, 11) is 0. The number of aryl methyl sites for hydroxylation is 1. The van der Waals surface area contributed by atoms with Crippen LogP contribution in [0, 0.1) is 6.92 Å². The number of anilines is 1. The van der Waals surface area contributed by atoms with Crippen molar-refractivity contribution in [1.29, 1.82) is 0 Å². The van der Waals surface area contributed by atoms with E-state index in [0.29, 0.717) is 17.9 Å². The molecule has 0 unspecified atom stereocenters. The smallest absolute Gasteiger partial charge is 0.253 e. The van der Waals surface area contributed by atoms with E-state index in [-0.39, 0.29) is 5.91 Å². The minimum atomic E-state index is -0.0396. The van der Waals surface area contributed by atoms with Gasteiger partial charge in [0.15, 0.2) is 5.82 Å². The van der Waals surface area contributed by atoms with E-state index in [9.17, 15) is 4.79 Å². The Morgan fingerprint density at radius 3 is 2.88 bits per heavy atom. The van der Waals surface area contributed by atoms with Crippen LogP contribution >= 0.6 is 0 Å². The summed E-state index contributed by atoms with van der Waals surface area (Å²) >= 11 is 0. The standard InChI is InChI=1S/C18H17N5O/c1-10-8-11(2-3-13(10)19)17-20-6-5-15(23-17)16-9-12-14(22-16)4-7-21-18(12)24/h2-3,5-6,8-9,22H,4,7,19H2,1H3,(H,21,24). The first-order valence-corrected chi connectivity index (χ1v) is 7.82. The first-order chi connectivity index (χ1) is 11.6. The molecule has 0 saturated carbocycles. The van der Waals surface area contributed by atoms with Crippen LogP contribution in [-0.4, -0.2) is 27.4 Å². The lowest BCUT2D eigenvalue weighted by Crippen LogP contribution is -2.31. The largest absolute Gasteiger partial charge is 0.399 e. The third kappa shape index (κ3) is 2.42. The number of nitrogen functional groups attached to an aromatic ring is 1. The molecule has 3 heterocycles. The summed E-state index contributed by atoms with van der Waals surface area (Å²) in [6.45, 7) is 2.62. The van der Waals surface area contributed by atoms with Crippen molar-refractivity contribution in [3.05, 3.63) is 53.3 Å². The fourth-order valence-electron chi connectivity index (χ4n) is 2.89. The minimum Gasteiger partial charge on any atom is -0.399 e. The Labute approximate surface area is 139 Å². The Morgan fingerprint density at radius 2 is 2.08 bits per heavy atom. The number of rotatable bonds is 2. The Kier molecular flexibility index (Phi) is 3.30. The van der Waals surface area contributed by atoms with Gasteiger partial charge in [-0.15, -0.1) is 0 Å². The Bertz CT molecular complexity index is 944. The first-order valence-electron chi connectivity index (χ1n) is 7.82. The summed E-state index contributed by atoms with van der Waals surface area (Å²) in [6, 6.07) is 9.43. The molecular weight excluding hydrogens is 302 g/mol. The van der Waals surface area contributed by atoms with Gasteiger partial charge >= 0.3 is 0 Å². The van der Waals surface area contributed by atoms with Crippen LogP contribution in [0.3, 0.4) is 0 Å². The van der Waals surface area contributed by atoms with Gasteiger partial charge in [0.25, 0.3) is 5.91 Å². The second-order valence-corrected chi connectivity index (χ2v) is 5.92. The van der Waals surface area contributed by atoms with Crippen LogP contribution in [0.4, 0.5) is 5.69 Å². The third-order valence-corrected chi connectivity index (χ3v) is 4.26. The van der Waals surface area contributed by atoms with E-state index >= 15 is 0 Å². The molecule has 0 fully saturated rings. The molecule has 0 radical (unpaired) electrons. The van der Waals surface area contributed by atoms with Gasteiger partial charge < -0.3 is 16.0 Å². The molecule has 3 aromatic rings. The maximum absolute atomic E-state index is 11.9. The second-order valence-electron chi connectivity index (χ2n) is 5.92. The zero-order valence-corrected chi connectivity index (χ0v) is 13.3. The molecule has 1 aliphatic rings. The summed E-state index contributed by atoms with van der Waals surface area (Å²) in [5, 5.41) is 2.85. The van der Waals surface area contributed by atoms with E-state index in [1.165, 1.54) is 0 Å². The second kappa shape index (κ2) is 5.49. The van der Waals surface area contributed by atoms with Crippen molar-refractivity contribution >= 4 is 11.6 Å². The normalized spacial score (nSPS) is 13.5. The van der Waals surface area contributed by atoms with Crippen molar-refractivity contribution in [3.8, 4) is 22.8 Å². The number of aromatic amines is 1. The highest BCUT2D eigenvalue weighted by Gasteiger charge is 2.20. The Morgan fingerprint density at radius 1 is 1.21 bits per heavy atom. The molecule has 1 amide bonds. The quantitative estimate of drug-likeness (QED) is 0.631. The van der Waals surface area contributed by atoms with Gasteiger partial charge in [0.1, 0.15) is 0 Å². The lowest BCUT2D eigenvalue weighted by atomic mass is 10.1. The average Bonchev–Trinajstić information content (AvgIpc) is 3.03.